The predicted octanol–water partition coefficient (Wildman–Crippen LogP) is 5.94. The molecule has 0 saturated carbocycles. The number of benzene rings is 2. The van der Waals surface area contributed by atoms with Crippen LogP contribution in [-0.4, -0.2) is 17.8 Å². The van der Waals surface area contributed by atoms with Gasteiger partial charge in [0.05, 0.1) is 9.88 Å². The number of para-hydroxylation sites is 1. The van der Waals surface area contributed by atoms with Crippen LogP contribution in [0.4, 0.5) is 26.9 Å². The fraction of sp³-hybridized carbons (Fsp3) is 0.208. The quantitative estimate of drug-likeness (QED) is 0.387. The van der Waals surface area contributed by atoms with E-state index < -0.39 is 5.41 Å². The number of aryl methyl sites for hydroxylation is 1. The molecule has 0 unspecified atom stereocenters. The van der Waals surface area contributed by atoms with Crippen LogP contribution in [-0.2, 0) is 4.79 Å². The van der Waals surface area contributed by atoms with Gasteiger partial charge in [-0.1, -0.05) is 45.0 Å². The largest absolute Gasteiger partial charge is 0.323 e. The minimum Gasteiger partial charge on any atom is -0.321 e. The Morgan fingerprint density at radius 1 is 0.750 bits per heavy atom. The number of hydrogen-bond donors (Lipinski definition) is 4. The van der Waals surface area contributed by atoms with Gasteiger partial charge in [0.15, 0.2) is 0 Å². The van der Waals surface area contributed by atoms with Crippen LogP contribution in [0, 0.1) is 12.3 Å². The van der Waals surface area contributed by atoms with Crippen LogP contribution in [0.3, 0.4) is 0 Å². The second-order valence-corrected chi connectivity index (χ2v) is 9.36. The first-order valence-corrected chi connectivity index (χ1v) is 10.9. The van der Waals surface area contributed by atoms with Crippen molar-refractivity contribution in [3.8, 4) is 0 Å². The van der Waals surface area contributed by atoms with Crippen LogP contribution in [0.2, 0.25) is 0 Å². The number of amides is 4. The summed E-state index contributed by atoms with van der Waals surface area (Å²) in [6, 6.07) is 17.4. The molecule has 0 aliphatic rings. The molecule has 0 bridgehead atoms. The second-order valence-electron chi connectivity index (χ2n) is 8.31. The SMILES string of the molecule is Cc1cc(NC(=O)C(C)(C)C)sc1C(=O)Nc1cccc(NC(=O)Nc2ccccc2)c1. The number of anilines is 4. The van der Waals surface area contributed by atoms with Crippen LogP contribution >= 0.6 is 11.3 Å². The van der Waals surface area contributed by atoms with Crippen LogP contribution < -0.4 is 21.3 Å². The van der Waals surface area contributed by atoms with Gasteiger partial charge in [0.25, 0.3) is 5.91 Å². The summed E-state index contributed by atoms with van der Waals surface area (Å²) in [5, 5.41) is 11.8. The standard InChI is InChI=1S/C24H26N4O3S/c1-15-13-19(28-22(30)24(2,3)4)32-20(15)21(29)25-17-11-8-12-18(14-17)27-23(31)26-16-9-6-5-7-10-16/h5-14H,1-4H3,(H,25,29)(H,28,30)(H2,26,27,31). The minimum absolute atomic E-state index is 0.113. The lowest BCUT2D eigenvalue weighted by Crippen LogP contribution is -2.27. The molecule has 3 aromatic rings. The molecule has 0 atom stereocenters. The zero-order chi connectivity index (χ0) is 23.3. The number of carbonyl (C=O) groups excluding carboxylic acids is 3. The van der Waals surface area contributed by atoms with Gasteiger partial charge in [0.1, 0.15) is 0 Å². The van der Waals surface area contributed by atoms with Crippen molar-refractivity contribution in [1.82, 2.24) is 0 Å². The van der Waals surface area contributed by atoms with E-state index in [0.717, 1.165) is 5.56 Å². The second kappa shape index (κ2) is 9.65. The molecule has 4 amide bonds. The average molecular weight is 451 g/mol. The summed E-state index contributed by atoms with van der Waals surface area (Å²) in [6.45, 7) is 7.32. The molecule has 4 N–H and O–H groups in total. The van der Waals surface area contributed by atoms with Crippen molar-refractivity contribution >= 4 is 51.2 Å². The van der Waals surface area contributed by atoms with Crippen LogP contribution in [0.15, 0.2) is 60.7 Å². The van der Waals surface area contributed by atoms with Crippen molar-refractivity contribution in [2.24, 2.45) is 5.41 Å². The number of thiophene rings is 1. The highest BCUT2D eigenvalue weighted by molar-refractivity contribution is 7.18. The molecular weight excluding hydrogens is 424 g/mol. The fourth-order valence-electron chi connectivity index (χ4n) is 2.75. The lowest BCUT2D eigenvalue weighted by molar-refractivity contribution is -0.123. The van der Waals surface area contributed by atoms with E-state index in [1.165, 1.54) is 11.3 Å². The molecule has 0 aliphatic carbocycles. The van der Waals surface area contributed by atoms with Crippen LogP contribution in [0.1, 0.15) is 36.0 Å². The molecule has 32 heavy (non-hydrogen) atoms. The molecule has 0 radical (unpaired) electrons. The Balaban J connectivity index is 1.64. The molecule has 0 aliphatic heterocycles. The summed E-state index contributed by atoms with van der Waals surface area (Å²) in [5.41, 5.74) is 2.00. The molecule has 2 aromatic carbocycles. The lowest BCUT2D eigenvalue weighted by Gasteiger charge is -2.16. The molecule has 1 heterocycles. The summed E-state index contributed by atoms with van der Waals surface area (Å²) < 4.78 is 0. The van der Waals surface area contributed by atoms with E-state index in [1.54, 1.807) is 42.5 Å². The number of nitrogens with one attached hydrogen (secondary N) is 4. The highest BCUT2D eigenvalue weighted by atomic mass is 32.1. The molecule has 8 heteroatoms. The molecule has 7 nitrogen and oxygen atoms in total. The molecule has 0 fully saturated rings. The van der Waals surface area contributed by atoms with Gasteiger partial charge >= 0.3 is 6.03 Å². The monoisotopic (exact) mass is 450 g/mol. The van der Waals surface area contributed by atoms with Crippen molar-refractivity contribution in [3.63, 3.8) is 0 Å². The molecular formula is C24H26N4O3S. The predicted molar refractivity (Wildman–Crippen MR) is 131 cm³/mol. The van der Waals surface area contributed by atoms with Gasteiger partial charge in [0, 0.05) is 22.5 Å². The maximum atomic E-state index is 12.8. The Morgan fingerprint density at radius 3 is 2.00 bits per heavy atom. The third-order valence-corrected chi connectivity index (χ3v) is 5.60. The zero-order valence-electron chi connectivity index (χ0n) is 18.4. The minimum atomic E-state index is -0.527. The van der Waals surface area contributed by atoms with Crippen LogP contribution in [0.25, 0.3) is 0 Å². The number of urea groups is 1. The maximum Gasteiger partial charge on any atom is 0.323 e. The fourth-order valence-corrected chi connectivity index (χ4v) is 3.71. The van der Waals surface area contributed by atoms with E-state index in [1.807, 2.05) is 45.9 Å². The summed E-state index contributed by atoms with van der Waals surface area (Å²) in [6.07, 6.45) is 0. The van der Waals surface area contributed by atoms with Crippen molar-refractivity contribution in [3.05, 3.63) is 71.1 Å². The highest BCUT2D eigenvalue weighted by Gasteiger charge is 2.23. The molecule has 0 saturated heterocycles. The first kappa shape index (κ1) is 23.0. The smallest absolute Gasteiger partial charge is 0.321 e. The van der Waals surface area contributed by atoms with E-state index in [0.29, 0.717) is 26.9 Å². The van der Waals surface area contributed by atoms with Gasteiger partial charge in [-0.05, 0) is 48.9 Å². The van der Waals surface area contributed by atoms with E-state index in [4.69, 9.17) is 0 Å². The molecule has 0 spiro atoms. The normalized spacial score (nSPS) is 10.9. The average Bonchev–Trinajstić information content (AvgIpc) is 3.08. The molecule has 166 valence electrons. The topological polar surface area (TPSA) is 99.3 Å². The van der Waals surface area contributed by atoms with Gasteiger partial charge < -0.3 is 21.3 Å². The van der Waals surface area contributed by atoms with Crippen molar-refractivity contribution in [1.29, 1.82) is 0 Å². The number of carbonyl (C=O) groups is 3. The Bertz CT molecular complexity index is 1130. The van der Waals surface area contributed by atoms with Gasteiger partial charge in [0.2, 0.25) is 5.91 Å². The summed E-state index contributed by atoms with van der Waals surface area (Å²) in [5.74, 6) is -0.395. The summed E-state index contributed by atoms with van der Waals surface area (Å²) in [7, 11) is 0. The lowest BCUT2D eigenvalue weighted by atomic mass is 9.96. The first-order chi connectivity index (χ1) is 15.1. The molecule has 3 rings (SSSR count). The third kappa shape index (κ3) is 6.18. The Morgan fingerprint density at radius 2 is 1.34 bits per heavy atom. The van der Waals surface area contributed by atoms with Gasteiger partial charge in [-0.15, -0.1) is 11.3 Å². The third-order valence-electron chi connectivity index (χ3n) is 4.45. The van der Waals surface area contributed by atoms with Crippen LogP contribution in [0.5, 0.6) is 0 Å². The Labute approximate surface area is 191 Å². The summed E-state index contributed by atoms with van der Waals surface area (Å²) in [4.78, 5) is 37.7. The zero-order valence-corrected chi connectivity index (χ0v) is 19.2. The Hall–Kier alpha value is -3.65. The van der Waals surface area contributed by atoms with E-state index in [2.05, 4.69) is 21.3 Å². The number of hydrogen-bond acceptors (Lipinski definition) is 4. The van der Waals surface area contributed by atoms with E-state index in [-0.39, 0.29) is 17.8 Å². The van der Waals surface area contributed by atoms with Crippen molar-refractivity contribution < 1.29 is 14.4 Å². The van der Waals surface area contributed by atoms with Crippen molar-refractivity contribution in [2.45, 2.75) is 27.7 Å². The van der Waals surface area contributed by atoms with Crippen molar-refractivity contribution in [2.75, 3.05) is 21.3 Å². The van der Waals surface area contributed by atoms with E-state index in [9.17, 15) is 14.4 Å². The van der Waals surface area contributed by atoms with Gasteiger partial charge in [-0.3, -0.25) is 9.59 Å². The van der Waals surface area contributed by atoms with Gasteiger partial charge in [-0.2, -0.15) is 0 Å². The summed E-state index contributed by atoms with van der Waals surface area (Å²) >= 11 is 1.22. The first-order valence-electron chi connectivity index (χ1n) is 10.1. The van der Waals surface area contributed by atoms with E-state index >= 15 is 0 Å². The highest BCUT2D eigenvalue weighted by Crippen LogP contribution is 2.29. The Kier molecular flexibility index (Phi) is 6.95. The van der Waals surface area contributed by atoms with Gasteiger partial charge in [-0.25, -0.2) is 4.79 Å². The number of rotatable bonds is 5. The maximum absolute atomic E-state index is 12.8. The molecule has 1 aromatic heterocycles.